The van der Waals surface area contributed by atoms with Gasteiger partial charge < -0.3 is 9.84 Å². The average Bonchev–Trinajstić information content (AvgIpc) is 2.09. The second-order valence-corrected chi connectivity index (χ2v) is 2.31. The minimum absolute atomic E-state index is 0.125. The third-order valence-corrected chi connectivity index (χ3v) is 1.53. The van der Waals surface area contributed by atoms with Crippen LogP contribution in [0.25, 0.3) is 0 Å². The first-order valence-electron chi connectivity index (χ1n) is 3.45. The molecule has 0 aliphatic carbocycles. The summed E-state index contributed by atoms with van der Waals surface area (Å²) in [6.45, 7) is 0.190. The zero-order chi connectivity index (χ0) is 8.97. The average molecular weight is 169 g/mol. The van der Waals surface area contributed by atoms with E-state index in [2.05, 4.69) is 4.84 Å². The second-order valence-electron chi connectivity index (χ2n) is 2.31. The van der Waals surface area contributed by atoms with Gasteiger partial charge in [0, 0.05) is 11.6 Å². The van der Waals surface area contributed by atoms with Crippen LogP contribution in [0.15, 0.2) is 18.2 Å². The molecule has 0 bridgehead atoms. The number of ether oxygens (including phenoxy) is 1. The number of phenols is 1. The Kier molecular flexibility index (Phi) is 2.90. The van der Waals surface area contributed by atoms with Crippen molar-refractivity contribution >= 4 is 0 Å². The van der Waals surface area contributed by atoms with E-state index in [4.69, 9.17) is 10.6 Å². The van der Waals surface area contributed by atoms with Crippen LogP contribution in [0.2, 0.25) is 0 Å². The summed E-state index contributed by atoms with van der Waals surface area (Å²) >= 11 is 0. The van der Waals surface area contributed by atoms with Crippen LogP contribution >= 0.6 is 0 Å². The number of rotatable bonds is 3. The van der Waals surface area contributed by atoms with Crippen LogP contribution in [0.3, 0.4) is 0 Å². The Hall–Kier alpha value is -1.26. The van der Waals surface area contributed by atoms with Crippen LogP contribution in [-0.4, -0.2) is 12.2 Å². The predicted octanol–water partition coefficient (Wildman–Crippen LogP) is 0.791. The van der Waals surface area contributed by atoms with Crippen molar-refractivity contribution in [1.82, 2.24) is 0 Å². The molecule has 0 radical (unpaired) electrons. The van der Waals surface area contributed by atoms with E-state index in [1.165, 1.54) is 13.2 Å². The SMILES string of the molecule is COc1ccc(CON)c(O)c1. The molecule has 4 nitrogen and oxygen atoms in total. The number of phenolic OH excluding ortho intramolecular Hbond substituents is 1. The van der Waals surface area contributed by atoms with Crippen LogP contribution in [0.4, 0.5) is 0 Å². The lowest BCUT2D eigenvalue weighted by Crippen LogP contribution is -1.99. The van der Waals surface area contributed by atoms with Gasteiger partial charge in [0.05, 0.1) is 13.7 Å². The van der Waals surface area contributed by atoms with E-state index in [0.717, 1.165) is 0 Å². The van der Waals surface area contributed by atoms with Crippen molar-refractivity contribution in [1.29, 1.82) is 0 Å². The molecule has 4 heteroatoms. The number of benzene rings is 1. The first-order chi connectivity index (χ1) is 5.77. The van der Waals surface area contributed by atoms with Gasteiger partial charge in [-0.2, -0.15) is 0 Å². The topological polar surface area (TPSA) is 64.7 Å². The van der Waals surface area contributed by atoms with E-state index in [1.807, 2.05) is 0 Å². The lowest BCUT2D eigenvalue weighted by Gasteiger charge is -2.04. The molecule has 0 aliphatic heterocycles. The third-order valence-electron chi connectivity index (χ3n) is 1.53. The minimum atomic E-state index is 0.125. The molecule has 0 fully saturated rings. The van der Waals surface area contributed by atoms with Crippen molar-refractivity contribution in [2.45, 2.75) is 6.61 Å². The fourth-order valence-electron chi connectivity index (χ4n) is 0.882. The molecule has 1 aromatic carbocycles. The van der Waals surface area contributed by atoms with E-state index >= 15 is 0 Å². The van der Waals surface area contributed by atoms with Gasteiger partial charge in [-0.3, -0.25) is 4.84 Å². The van der Waals surface area contributed by atoms with E-state index in [-0.39, 0.29) is 12.4 Å². The lowest BCUT2D eigenvalue weighted by molar-refractivity contribution is 0.122. The van der Waals surface area contributed by atoms with Gasteiger partial charge in [-0.25, -0.2) is 5.90 Å². The number of hydrogen-bond donors (Lipinski definition) is 2. The molecule has 0 amide bonds. The van der Waals surface area contributed by atoms with E-state index in [9.17, 15) is 5.11 Å². The number of nitrogens with two attached hydrogens (primary N) is 1. The summed E-state index contributed by atoms with van der Waals surface area (Å²) in [6, 6.07) is 4.93. The standard InChI is InChI=1S/C8H11NO3/c1-11-7-3-2-6(5-12-9)8(10)4-7/h2-4,10H,5,9H2,1H3. The molecule has 0 aromatic heterocycles. The Labute approximate surface area is 70.5 Å². The van der Waals surface area contributed by atoms with Crippen LogP contribution in [0, 0.1) is 0 Å². The molecule has 0 spiro atoms. The highest BCUT2D eigenvalue weighted by Gasteiger charge is 2.01. The maximum atomic E-state index is 9.34. The first kappa shape index (κ1) is 8.83. The zero-order valence-corrected chi connectivity index (χ0v) is 6.78. The smallest absolute Gasteiger partial charge is 0.124 e. The molecule has 0 aliphatic rings. The van der Waals surface area contributed by atoms with Crippen molar-refractivity contribution in [2.75, 3.05) is 7.11 Å². The van der Waals surface area contributed by atoms with E-state index in [1.54, 1.807) is 12.1 Å². The van der Waals surface area contributed by atoms with Crippen molar-refractivity contribution in [3.05, 3.63) is 23.8 Å². The van der Waals surface area contributed by atoms with Gasteiger partial charge >= 0.3 is 0 Å². The molecule has 0 unspecified atom stereocenters. The van der Waals surface area contributed by atoms with E-state index < -0.39 is 0 Å². The fraction of sp³-hybridized carbons (Fsp3) is 0.250. The number of hydrogen-bond acceptors (Lipinski definition) is 4. The Balaban J connectivity index is 2.87. The van der Waals surface area contributed by atoms with Crippen molar-refractivity contribution in [2.24, 2.45) is 5.90 Å². The van der Waals surface area contributed by atoms with Crippen molar-refractivity contribution < 1.29 is 14.7 Å². The molecular formula is C8H11NO3. The van der Waals surface area contributed by atoms with Gasteiger partial charge in [-0.05, 0) is 12.1 Å². The largest absolute Gasteiger partial charge is 0.507 e. The molecule has 0 heterocycles. The summed E-state index contributed by atoms with van der Waals surface area (Å²) in [7, 11) is 1.54. The molecule has 0 atom stereocenters. The highest BCUT2D eigenvalue weighted by Crippen LogP contribution is 2.23. The van der Waals surface area contributed by atoms with Gasteiger partial charge in [0.25, 0.3) is 0 Å². The van der Waals surface area contributed by atoms with Crippen molar-refractivity contribution in [3.63, 3.8) is 0 Å². The Morgan fingerprint density at radius 2 is 2.25 bits per heavy atom. The summed E-state index contributed by atoms with van der Waals surface area (Å²) in [4.78, 5) is 4.38. The molecule has 0 saturated carbocycles. The third kappa shape index (κ3) is 1.87. The van der Waals surface area contributed by atoms with Crippen LogP contribution < -0.4 is 10.6 Å². The quantitative estimate of drug-likeness (QED) is 0.656. The molecule has 66 valence electrons. The van der Waals surface area contributed by atoms with Gasteiger partial charge in [0.2, 0.25) is 0 Å². The summed E-state index contributed by atoms with van der Waals surface area (Å²) in [6.07, 6.45) is 0. The molecule has 12 heavy (non-hydrogen) atoms. The van der Waals surface area contributed by atoms with Crippen molar-refractivity contribution in [3.8, 4) is 11.5 Å². The maximum Gasteiger partial charge on any atom is 0.124 e. The van der Waals surface area contributed by atoms with Gasteiger partial charge in [-0.15, -0.1) is 0 Å². The number of methoxy groups -OCH3 is 1. The summed E-state index contributed by atoms with van der Waals surface area (Å²) in [5.74, 6) is 5.59. The first-order valence-corrected chi connectivity index (χ1v) is 3.45. The maximum absolute atomic E-state index is 9.34. The molecule has 3 N–H and O–H groups in total. The molecule has 1 rings (SSSR count). The van der Waals surface area contributed by atoms with Crippen LogP contribution in [0.1, 0.15) is 5.56 Å². The highest BCUT2D eigenvalue weighted by atomic mass is 16.6. The zero-order valence-electron chi connectivity index (χ0n) is 6.78. The van der Waals surface area contributed by atoms with Gasteiger partial charge in [0.15, 0.2) is 0 Å². The second kappa shape index (κ2) is 3.94. The Bertz CT molecular complexity index is 262. The van der Waals surface area contributed by atoms with Crippen LogP contribution in [0.5, 0.6) is 11.5 Å². The molecule has 0 saturated heterocycles. The summed E-state index contributed by atoms with van der Waals surface area (Å²) in [5.41, 5.74) is 0.637. The molecular weight excluding hydrogens is 158 g/mol. The predicted molar refractivity (Wildman–Crippen MR) is 43.6 cm³/mol. The minimum Gasteiger partial charge on any atom is -0.507 e. The summed E-state index contributed by atoms with van der Waals surface area (Å²) < 4.78 is 4.90. The van der Waals surface area contributed by atoms with Crippen LogP contribution in [-0.2, 0) is 11.4 Å². The lowest BCUT2D eigenvalue weighted by atomic mass is 10.2. The molecule has 1 aromatic rings. The number of aromatic hydroxyl groups is 1. The Morgan fingerprint density at radius 1 is 1.50 bits per heavy atom. The monoisotopic (exact) mass is 169 g/mol. The highest BCUT2D eigenvalue weighted by molar-refractivity contribution is 5.39. The Morgan fingerprint density at radius 3 is 2.75 bits per heavy atom. The summed E-state index contributed by atoms with van der Waals surface area (Å²) in [5, 5.41) is 9.34. The van der Waals surface area contributed by atoms with E-state index in [0.29, 0.717) is 11.3 Å². The van der Waals surface area contributed by atoms with Gasteiger partial charge in [0.1, 0.15) is 11.5 Å². The fourth-order valence-corrected chi connectivity index (χ4v) is 0.882. The van der Waals surface area contributed by atoms with Gasteiger partial charge in [-0.1, -0.05) is 0 Å². The normalized spacial score (nSPS) is 9.83.